The van der Waals surface area contributed by atoms with Crippen LogP contribution in [0.2, 0.25) is 5.02 Å². The molecule has 5 rings (SSSR count). The third kappa shape index (κ3) is 5.37. The van der Waals surface area contributed by atoms with Crippen molar-refractivity contribution in [2.24, 2.45) is 0 Å². The molecule has 1 fully saturated rings. The van der Waals surface area contributed by atoms with Crippen molar-refractivity contribution in [1.82, 2.24) is 9.88 Å². The smallest absolute Gasteiger partial charge is 0.253 e. The van der Waals surface area contributed by atoms with Crippen LogP contribution in [0.15, 0.2) is 79.0 Å². The van der Waals surface area contributed by atoms with E-state index in [1.807, 2.05) is 30.3 Å². The summed E-state index contributed by atoms with van der Waals surface area (Å²) >= 11 is 6.18. The highest BCUT2D eigenvalue weighted by Gasteiger charge is 2.37. The number of aromatic nitrogens is 1. The molecule has 0 unspecified atom stereocenters. The Morgan fingerprint density at radius 3 is 2.43 bits per heavy atom. The van der Waals surface area contributed by atoms with E-state index >= 15 is 0 Å². The Balaban J connectivity index is 0.000000218. The van der Waals surface area contributed by atoms with Gasteiger partial charge in [0.2, 0.25) is 0 Å². The Kier molecular flexibility index (Phi) is 7.19. The molecule has 2 heterocycles. The number of fused-ring (bicyclic) bond motifs is 1. The van der Waals surface area contributed by atoms with Crippen LogP contribution in [0.4, 0.5) is 10.1 Å². The minimum Gasteiger partial charge on any atom is -0.506 e. The van der Waals surface area contributed by atoms with E-state index in [4.69, 9.17) is 17.3 Å². The van der Waals surface area contributed by atoms with Crippen molar-refractivity contribution in [3.8, 4) is 5.75 Å². The SMILES string of the molecule is Nc1ccc(C(=O)N2CCC(O)(c3ccccc3Cl)CC2)cc1F.Oc1cccc2cccnc12. The van der Waals surface area contributed by atoms with E-state index in [0.29, 0.717) is 42.0 Å². The Morgan fingerprint density at radius 2 is 1.74 bits per heavy atom. The molecule has 4 N–H and O–H groups in total. The van der Waals surface area contributed by atoms with Gasteiger partial charge in [0, 0.05) is 40.8 Å². The van der Waals surface area contributed by atoms with Crippen LogP contribution >= 0.6 is 11.6 Å². The fourth-order valence-electron chi connectivity index (χ4n) is 4.12. The summed E-state index contributed by atoms with van der Waals surface area (Å²) in [4.78, 5) is 18.1. The van der Waals surface area contributed by atoms with Crippen molar-refractivity contribution in [3.63, 3.8) is 0 Å². The number of nitrogens with two attached hydrogens (primary N) is 1. The van der Waals surface area contributed by atoms with Crippen molar-refractivity contribution in [2.45, 2.75) is 18.4 Å². The van der Waals surface area contributed by atoms with Gasteiger partial charge in [-0.2, -0.15) is 0 Å². The first-order valence-electron chi connectivity index (χ1n) is 11.1. The lowest BCUT2D eigenvalue weighted by Gasteiger charge is -2.39. The van der Waals surface area contributed by atoms with E-state index in [9.17, 15) is 19.4 Å². The van der Waals surface area contributed by atoms with Gasteiger partial charge in [-0.25, -0.2) is 4.39 Å². The molecular weight excluding hydrogens is 469 g/mol. The average Bonchev–Trinajstić information content (AvgIpc) is 2.87. The highest BCUT2D eigenvalue weighted by Crippen LogP contribution is 2.37. The number of anilines is 1. The van der Waals surface area contributed by atoms with E-state index in [1.54, 1.807) is 35.4 Å². The maximum atomic E-state index is 13.5. The van der Waals surface area contributed by atoms with Crippen molar-refractivity contribution in [2.75, 3.05) is 18.8 Å². The van der Waals surface area contributed by atoms with Gasteiger partial charge in [0.15, 0.2) is 0 Å². The number of halogens is 2. The lowest BCUT2D eigenvalue weighted by molar-refractivity contribution is -0.0210. The second-order valence-electron chi connectivity index (χ2n) is 8.39. The highest BCUT2D eigenvalue weighted by atomic mass is 35.5. The van der Waals surface area contributed by atoms with Crippen LogP contribution in [0, 0.1) is 5.82 Å². The van der Waals surface area contributed by atoms with Crippen molar-refractivity contribution >= 4 is 34.1 Å². The molecule has 3 aromatic carbocycles. The number of para-hydroxylation sites is 1. The number of carbonyl (C=O) groups excluding carboxylic acids is 1. The minimum absolute atomic E-state index is 0.0123. The number of amides is 1. The summed E-state index contributed by atoms with van der Waals surface area (Å²) in [5.74, 6) is -0.636. The van der Waals surface area contributed by atoms with Gasteiger partial charge in [0.1, 0.15) is 17.1 Å². The summed E-state index contributed by atoms with van der Waals surface area (Å²) < 4.78 is 13.5. The van der Waals surface area contributed by atoms with Gasteiger partial charge >= 0.3 is 0 Å². The molecule has 180 valence electrons. The number of pyridine rings is 1. The summed E-state index contributed by atoms with van der Waals surface area (Å²) in [6, 6.07) is 20.3. The molecule has 1 saturated heterocycles. The van der Waals surface area contributed by atoms with Gasteiger partial charge in [-0.15, -0.1) is 0 Å². The van der Waals surface area contributed by atoms with Crippen LogP contribution in [-0.2, 0) is 5.60 Å². The molecule has 6 nitrogen and oxygen atoms in total. The van der Waals surface area contributed by atoms with Crippen LogP contribution in [0.3, 0.4) is 0 Å². The van der Waals surface area contributed by atoms with E-state index in [1.165, 1.54) is 12.1 Å². The fraction of sp³-hybridized carbons (Fsp3) is 0.185. The molecule has 4 aromatic rings. The molecule has 8 heteroatoms. The van der Waals surface area contributed by atoms with Crippen LogP contribution < -0.4 is 5.73 Å². The summed E-state index contributed by atoms with van der Waals surface area (Å²) in [5.41, 5.74) is 5.99. The number of aliphatic hydroxyl groups is 1. The summed E-state index contributed by atoms with van der Waals surface area (Å²) in [5, 5.41) is 21.7. The van der Waals surface area contributed by atoms with Crippen molar-refractivity contribution in [1.29, 1.82) is 0 Å². The number of hydrogen-bond acceptors (Lipinski definition) is 5. The number of carbonyl (C=O) groups is 1. The topological polar surface area (TPSA) is 99.7 Å². The number of rotatable bonds is 2. The van der Waals surface area contributed by atoms with E-state index < -0.39 is 11.4 Å². The third-order valence-electron chi connectivity index (χ3n) is 6.11. The molecule has 1 aromatic heterocycles. The fourth-order valence-corrected chi connectivity index (χ4v) is 4.43. The Hall–Kier alpha value is -3.68. The number of phenolic OH excluding ortho intramolecular Hbond substituents is 1. The molecule has 0 atom stereocenters. The normalized spacial score (nSPS) is 14.8. The lowest BCUT2D eigenvalue weighted by atomic mass is 9.84. The molecule has 0 aliphatic carbocycles. The maximum Gasteiger partial charge on any atom is 0.253 e. The predicted octanol–water partition coefficient (Wildman–Crippen LogP) is 5.13. The molecule has 1 amide bonds. The zero-order valence-corrected chi connectivity index (χ0v) is 19.6. The summed E-state index contributed by atoms with van der Waals surface area (Å²) in [6.45, 7) is 0.735. The van der Waals surface area contributed by atoms with Crippen molar-refractivity contribution < 1.29 is 19.4 Å². The van der Waals surface area contributed by atoms with Gasteiger partial charge in [-0.05, 0) is 49.2 Å². The van der Waals surface area contributed by atoms with Gasteiger partial charge in [-0.3, -0.25) is 9.78 Å². The second kappa shape index (κ2) is 10.3. The van der Waals surface area contributed by atoms with Crippen LogP contribution in [0.1, 0.15) is 28.8 Å². The lowest BCUT2D eigenvalue weighted by Crippen LogP contribution is -2.45. The summed E-state index contributed by atoms with van der Waals surface area (Å²) in [7, 11) is 0. The second-order valence-corrected chi connectivity index (χ2v) is 8.80. The highest BCUT2D eigenvalue weighted by molar-refractivity contribution is 6.31. The number of piperidine rings is 1. The van der Waals surface area contributed by atoms with E-state index in [2.05, 4.69) is 4.98 Å². The van der Waals surface area contributed by atoms with E-state index in [-0.39, 0.29) is 22.9 Å². The van der Waals surface area contributed by atoms with Gasteiger partial charge in [0.05, 0.1) is 11.3 Å². The Bertz CT molecular complexity index is 1350. The first-order valence-corrected chi connectivity index (χ1v) is 11.5. The molecule has 0 bridgehead atoms. The zero-order valence-electron chi connectivity index (χ0n) is 18.9. The van der Waals surface area contributed by atoms with Crippen LogP contribution in [-0.4, -0.2) is 39.1 Å². The number of aromatic hydroxyl groups is 1. The third-order valence-corrected chi connectivity index (χ3v) is 6.44. The van der Waals surface area contributed by atoms with Crippen molar-refractivity contribution in [3.05, 3.63) is 101 Å². The number of phenols is 1. The van der Waals surface area contributed by atoms with Crippen LogP contribution in [0.25, 0.3) is 10.9 Å². The number of nitrogen functional groups attached to an aromatic ring is 1. The largest absolute Gasteiger partial charge is 0.506 e. The quantitative estimate of drug-likeness (QED) is 0.336. The minimum atomic E-state index is -1.05. The van der Waals surface area contributed by atoms with Gasteiger partial charge in [-0.1, -0.05) is 48.0 Å². The Morgan fingerprint density at radius 1 is 1.03 bits per heavy atom. The molecular formula is C27H25ClFN3O3. The summed E-state index contributed by atoms with van der Waals surface area (Å²) in [6.07, 6.45) is 2.42. The molecule has 0 radical (unpaired) electrons. The van der Waals surface area contributed by atoms with E-state index in [0.717, 1.165) is 11.5 Å². The first-order chi connectivity index (χ1) is 16.8. The molecule has 35 heavy (non-hydrogen) atoms. The standard InChI is InChI=1S/C18H18ClFN2O2.C9H7NO/c19-14-4-2-1-3-13(14)18(24)7-9-22(10-8-18)17(23)12-5-6-16(21)15(20)11-12;11-8-5-1-3-7-4-2-6-10-9(7)8/h1-6,11,24H,7-10,21H2;1-6,11H. The first kappa shape index (κ1) is 24.4. The molecule has 0 saturated carbocycles. The Labute approximate surface area is 207 Å². The van der Waals surface area contributed by atoms with Gasteiger partial charge in [0.25, 0.3) is 5.91 Å². The molecule has 1 aliphatic rings. The predicted molar refractivity (Wildman–Crippen MR) is 135 cm³/mol. The maximum absolute atomic E-state index is 13.5. The monoisotopic (exact) mass is 493 g/mol. The number of likely N-dealkylation sites (tertiary alicyclic amines) is 1. The van der Waals surface area contributed by atoms with Gasteiger partial charge < -0.3 is 20.8 Å². The molecule has 0 spiro atoms. The molecule has 1 aliphatic heterocycles. The average molecular weight is 494 g/mol. The number of hydrogen-bond donors (Lipinski definition) is 3. The zero-order chi connectivity index (χ0) is 25.0. The number of benzene rings is 3. The number of nitrogens with zero attached hydrogens (tertiary/aromatic N) is 2. The van der Waals surface area contributed by atoms with Crippen LogP contribution in [0.5, 0.6) is 5.75 Å².